The molecule has 1 aromatic rings. The van der Waals surface area contributed by atoms with Crippen molar-refractivity contribution in [1.29, 1.82) is 0 Å². The van der Waals surface area contributed by atoms with Crippen molar-refractivity contribution in [2.45, 2.75) is 59.9 Å². The quantitative estimate of drug-likeness (QED) is 0.253. The Morgan fingerprint density at radius 1 is 1.28 bits per heavy atom. The molecule has 0 radical (unpaired) electrons. The number of rotatable bonds is 11. The number of aliphatic hydroxyl groups excluding tert-OH is 1. The van der Waals surface area contributed by atoms with Crippen molar-refractivity contribution in [3.8, 4) is 0 Å². The van der Waals surface area contributed by atoms with Gasteiger partial charge in [-0.15, -0.1) is 0 Å². The molecule has 0 amide bonds. The normalized spacial score (nSPS) is 14.6. The summed E-state index contributed by atoms with van der Waals surface area (Å²) >= 11 is 0. The van der Waals surface area contributed by atoms with Gasteiger partial charge >= 0.3 is 5.97 Å². The molecule has 6 heteroatoms. The number of carbonyl (C=O) groups is 1. The lowest BCUT2D eigenvalue weighted by Crippen LogP contribution is -2.39. The second-order valence-corrected chi connectivity index (χ2v) is 7.34. The zero-order chi connectivity index (χ0) is 23.9. The molecule has 32 heavy (non-hydrogen) atoms. The smallest absolute Gasteiger partial charge is 0.335 e. The first-order valence-corrected chi connectivity index (χ1v) is 11.4. The lowest BCUT2D eigenvalue weighted by molar-refractivity contribution is 0.0697. The molecule has 0 fully saturated rings. The molecular formula is C26H38N2O4. The molecule has 0 spiro atoms. The molecular weight excluding hydrogens is 404 g/mol. The van der Waals surface area contributed by atoms with E-state index in [1.54, 1.807) is 18.2 Å². The molecule has 176 valence electrons. The van der Waals surface area contributed by atoms with Gasteiger partial charge in [-0.05, 0) is 50.1 Å². The van der Waals surface area contributed by atoms with Gasteiger partial charge in [-0.3, -0.25) is 0 Å². The summed E-state index contributed by atoms with van der Waals surface area (Å²) in [4.78, 5) is 18.5. The first-order valence-electron chi connectivity index (χ1n) is 11.4. The lowest BCUT2D eigenvalue weighted by atomic mass is 10.0. The van der Waals surface area contributed by atoms with Crippen molar-refractivity contribution < 1.29 is 19.7 Å². The number of anilines is 1. The predicted octanol–water partition coefficient (Wildman–Crippen LogP) is 5.91. The van der Waals surface area contributed by atoms with Gasteiger partial charge in [0.25, 0.3) is 0 Å². The van der Waals surface area contributed by atoms with Crippen LogP contribution in [-0.4, -0.2) is 47.7 Å². The molecule has 0 aromatic heterocycles. The van der Waals surface area contributed by atoms with Crippen LogP contribution in [0.25, 0.3) is 0 Å². The second kappa shape index (κ2) is 15.0. The Labute approximate surface area is 192 Å². The number of fused-ring (bicyclic) bond motifs is 1. The summed E-state index contributed by atoms with van der Waals surface area (Å²) in [6.07, 6.45) is 12.4. The summed E-state index contributed by atoms with van der Waals surface area (Å²) in [5.74, 6) is -0.948. The van der Waals surface area contributed by atoms with Crippen molar-refractivity contribution in [2.24, 2.45) is 4.99 Å². The molecule has 1 atom stereocenters. The fraction of sp³-hybridized carbons (Fsp3) is 0.462. The minimum Gasteiger partial charge on any atom is -0.499 e. The third kappa shape index (κ3) is 8.35. The van der Waals surface area contributed by atoms with E-state index in [-0.39, 0.29) is 18.8 Å². The zero-order valence-electron chi connectivity index (χ0n) is 20.0. The van der Waals surface area contributed by atoms with Crippen LogP contribution < -0.4 is 4.90 Å². The molecule has 0 aliphatic carbocycles. The van der Waals surface area contributed by atoms with Crippen LogP contribution in [0, 0.1) is 0 Å². The number of hydrogen-bond acceptors (Lipinski definition) is 5. The number of aromatic carboxylic acids is 1. The van der Waals surface area contributed by atoms with Crippen LogP contribution in [0.2, 0.25) is 0 Å². The van der Waals surface area contributed by atoms with Crippen molar-refractivity contribution in [2.75, 3.05) is 24.7 Å². The monoisotopic (exact) mass is 442 g/mol. The highest BCUT2D eigenvalue weighted by atomic mass is 16.5. The molecule has 0 bridgehead atoms. The third-order valence-electron chi connectivity index (χ3n) is 5.02. The largest absolute Gasteiger partial charge is 0.499 e. The topological polar surface area (TPSA) is 82.4 Å². The van der Waals surface area contributed by atoms with Gasteiger partial charge in [0, 0.05) is 6.04 Å². The third-order valence-corrected chi connectivity index (χ3v) is 5.02. The van der Waals surface area contributed by atoms with Gasteiger partial charge in [0.1, 0.15) is 6.61 Å². The van der Waals surface area contributed by atoms with Crippen LogP contribution >= 0.6 is 0 Å². The molecule has 6 nitrogen and oxygen atoms in total. The molecule has 2 N–H and O–H groups in total. The van der Waals surface area contributed by atoms with Crippen LogP contribution in [-0.2, 0) is 4.74 Å². The van der Waals surface area contributed by atoms with E-state index in [1.807, 2.05) is 45.1 Å². The molecule has 0 saturated heterocycles. The van der Waals surface area contributed by atoms with Crippen LogP contribution in [0.4, 0.5) is 11.4 Å². The average Bonchev–Trinajstić information content (AvgIpc) is 2.81. The molecule has 0 saturated carbocycles. The van der Waals surface area contributed by atoms with E-state index >= 15 is 0 Å². The number of aliphatic imine (C=N–C) groups is 1. The molecule has 1 aliphatic heterocycles. The van der Waals surface area contributed by atoms with Crippen LogP contribution in [0.15, 0.2) is 59.3 Å². The summed E-state index contributed by atoms with van der Waals surface area (Å²) < 4.78 is 5.07. The van der Waals surface area contributed by atoms with Gasteiger partial charge in [-0.1, -0.05) is 51.8 Å². The van der Waals surface area contributed by atoms with Crippen LogP contribution in [0.1, 0.15) is 64.2 Å². The van der Waals surface area contributed by atoms with E-state index in [0.717, 1.165) is 36.2 Å². The molecule has 1 heterocycles. The fourth-order valence-electron chi connectivity index (χ4n) is 3.26. The molecule has 1 unspecified atom stereocenters. The van der Waals surface area contributed by atoms with Gasteiger partial charge in [0.2, 0.25) is 0 Å². The molecule has 2 rings (SSSR count). The highest BCUT2D eigenvalue weighted by molar-refractivity contribution is 6.07. The van der Waals surface area contributed by atoms with Gasteiger partial charge in [0.15, 0.2) is 0 Å². The first kappa shape index (κ1) is 27.2. The van der Waals surface area contributed by atoms with Gasteiger partial charge < -0.3 is 19.8 Å². The summed E-state index contributed by atoms with van der Waals surface area (Å²) in [5.41, 5.74) is 3.89. The Bertz CT molecular complexity index is 840. The van der Waals surface area contributed by atoms with Crippen LogP contribution in [0.5, 0.6) is 0 Å². The summed E-state index contributed by atoms with van der Waals surface area (Å²) in [6.45, 7) is 11.4. The van der Waals surface area contributed by atoms with E-state index in [9.17, 15) is 9.90 Å². The number of aliphatic hydroxyl groups is 1. The lowest BCUT2D eigenvalue weighted by Gasteiger charge is -2.36. The standard InChI is InChI=1S/C24H32N2O4.C2H6/c1-4-5-10-19(3)26-17-22(18(2)9-7-6-8-14-30-15-13-27)25-21-16-20(24(28)29)11-12-23(21)26;1-2/h6-9,11-12,14,16,19,27H,4-5,10,13,15,17H2,1-3H3,(H,28,29);1-2H3/b7-6-,14-8+,18-9+;. The highest BCUT2D eigenvalue weighted by Crippen LogP contribution is 2.36. The first-order chi connectivity index (χ1) is 15.5. The minimum atomic E-state index is -0.948. The van der Waals surface area contributed by atoms with Crippen molar-refractivity contribution in [1.82, 2.24) is 0 Å². The number of benzene rings is 1. The van der Waals surface area contributed by atoms with Crippen molar-refractivity contribution in [3.05, 3.63) is 59.9 Å². The zero-order valence-corrected chi connectivity index (χ0v) is 20.0. The molecule has 1 aromatic carbocycles. The number of carboxylic acid groups (broad SMARTS) is 1. The fourth-order valence-corrected chi connectivity index (χ4v) is 3.26. The Balaban J connectivity index is 0.00000249. The summed E-state index contributed by atoms with van der Waals surface area (Å²) in [5, 5.41) is 18.0. The summed E-state index contributed by atoms with van der Waals surface area (Å²) in [6, 6.07) is 5.51. The number of hydrogen-bond donors (Lipinski definition) is 2. The maximum Gasteiger partial charge on any atom is 0.335 e. The highest BCUT2D eigenvalue weighted by Gasteiger charge is 2.24. The Hall–Kier alpha value is -2.86. The maximum absolute atomic E-state index is 11.4. The number of unbranched alkanes of at least 4 members (excludes halogenated alkanes) is 1. The number of carboxylic acids is 1. The van der Waals surface area contributed by atoms with Crippen molar-refractivity contribution in [3.63, 3.8) is 0 Å². The second-order valence-electron chi connectivity index (χ2n) is 7.34. The predicted molar refractivity (Wildman–Crippen MR) is 133 cm³/mol. The van der Waals surface area contributed by atoms with E-state index < -0.39 is 5.97 Å². The Morgan fingerprint density at radius 3 is 2.69 bits per heavy atom. The Morgan fingerprint density at radius 2 is 2.03 bits per heavy atom. The number of ether oxygens (including phenoxy) is 1. The van der Waals surface area contributed by atoms with E-state index in [2.05, 4.69) is 18.7 Å². The van der Waals surface area contributed by atoms with Gasteiger partial charge in [0.05, 0.1) is 42.1 Å². The number of nitrogens with zero attached hydrogens (tertiary/aromatic N) is 2. The van der Waals surface area contributed by atoms with E-state index in [0.29, 0.717) is 18.3 Å². The maximum atomic E-state index is 11.4. The van der Waals surface area contributed by atoms with Gasteiger partial charge in [-0.2, -0.15) is 0 Å². The SMILES string of the molecule is CC.CCCCC(C)N1CC(/C(C)=C/C=C\C=C\OCCO)=Nc2cc(C(=O)O)ccc21. The van der Waals surface area contributed by atoms with E-state index in [4.69, 9.17) is 14.8 Å². The Kier molecular flexibility index (Phi) is 12.8. The average molecular weight is 443 g/mol. The van der Waals surface area contributed by atoms with E-state index in [1.165, 1.54) is 6.26 Å². The molecule has 1 aliphatic rings. The summed E-state index contributed by atoms with van der Waals surface area (Å²) in [7, 11) is 0. The van der Waals surface area contributed by atoms with Crippen LogP contribution in [0.3, 0.4) is 0 Å². The minimum absolute atomic E-state index is 0.00879. The van der Waals surface area contributed by atoms with Crippen molar-refractivity contribution >= 4 is 23.1 Å². The number of allylic oxidation sites excluding steroid dienone is 4. The van der Waals surface area contributed by atoms with Gasteiger partial charge in [-0.25, -0.2) is 9.79 Å².